The smallest absolute Gasteiger partial charge is 0.170 e. The quantitative estimate of drug-likeness (QED) is 0.585. The lowest BCUT2D eigenvalue weighted by Crippen LogP contribution is -2.08. The molecule has 0 unspecified atom stereocenters. The molecule has 1 nitrogen and oxygen atoms in total. The minimum absolute atomic E-state index is 0.0501. The maximum atomic E-state index is 13.6. The molecule has 0 aliphatic heterocycles. The maximum absolute atomic E-state index is 13.6. The van der Waals surface area contributed by atoms with Crippen molar-refractivity contribution in [3.63, 3.8) is 0 Å². The summed E-state index contributed by atoms with van der Waals surface area (Å²) in [7, 11) is 0. The van der Waals surface area contributed by atoms with Crippen LogP contribution in [0.15, 0.2) is 30.3 Å². The third kappa shape index (κ3) is 3.14. The summed E-state index contributed by atoms with van der Waals surface area (Å²) in [4.78, 5) is 11.9. The van der Waals surface area contributed by atoms with E-state index in [9.17, 15) is 18.0 Å². The molecule has 0 spiro atoms. The summed E-state index contributed by atoms with van der Waals surface area (Å²) in [6, 6.07) is 5.19. The number of carbonyl (C=O) groups is 1. The van der Waals surface area contributed by atoms with E-state index in [0.717, 1.165) is 6.07 Å². The van der Waals surface area contributed by atoms with Crippen molar-refractivity contribution in [2.75, 3.05) is 0 Å². The molecule has 0 N–H and O–H groups in total. The van der Waals surface area contributed by atoms with Crippen LogP contribution in [0.3, 0.4) is 0 Å². The maximum Gasteiger partial charge on any atom is 0.170 e. The fraction of sp³-hybridized carbons (Fsp3) is 0.0714. The second-order valence-corrected chi connectivity index (χ2v) is 4.93. The Morgan fingerprint density at radius 3 is 2.30 bits per heavy atom. The van der Waals surface area contributed by atoms with Crippen molar-refractivity contribution in [2.45, 2.75) is 6.42 Å². The van der Waals surface area contributed by atoms with Crippen molar-refractivity contribution in [1.29, 1.82) is 0 Å². The molecule has 0 saturated heterocycles. The van der Waals surface area contributed by atoms with Crippen LogP contribution < -0.4 is 0 Å². The van der Waals surface area contributed by atoms with Crippen molar-refractivity contribution in [3.8, 4) is 0 Å². The summed E-state index contributed by atoms with van der Waals surface area (Å²) in [6.07, 6.45) is -0.402. The van der Waals surface area contributed by atoms with E-state index in [0.29, 0.717) is 12.1 Å². The third-order valence-electron chi connectivity index (χ3n) is 2.68. The fourth-order valence-corrected chi connectivity index (χ4v) is 1.98. The Bertz CT molecular complexity index is 686. The van der Waals surface area contributed by atoms with Gasteiger partial charge in [0.2, 0.25) is 0 Å². The summed E-state index contributed by atoms with van der Waals surface area (Å²) >= 11 is 11.0. The molecule has 0 atom stereocenters. The Morgan fingerprint density at radius 2 is 1.65 bits per heavy atom. The van der Waals surface area contributed by atoms with Crippen LogP contribution in [-0.4, -0.2) is 5.78 Å². The van der Waals surface area contributed by atoms with Gasteiger partial charge in [-0.15, -0.1) is 0 Å². The number of benzene rings is 2. The van der Waals surface area contributed by atoms with E-state index >= 15 is 0 Å². The van der Waals surface area contributed by atoms with Crippen LogP contribution in [0.1, 0.15) is 15.9 Å². The lowest BCUT2D eigenvalue weighted by atomic mass is 10.0. The Balaban J connectivity index is 2.31. The first-order valence-corrected chi connectivity index (χ1v) is 6.25. The lowest BCUT2D eigenvalue weighted by Gasteiger charge is -2.06. The highest BCUT2D eigenvalue weighted by atomic mass is 35.5. The number of halogens is 5. The topological polar surface area (TPSA) is 17.1 Å². The van der Waals surface area contributed by atoms with Gasteiger partial charge in [0.05, 0.1) is 10.6 Å². The number of hydrogen-bond donors (Lipinski definition) is 0. The van der Waals surface area contributed by atoms with Gasteiger partial charge in [-0.25, -0.2) is 13.2 Å². The second-order valence-electron chi connectivity index (χ2n) is 4.08. The normalized spacial score (nSPS) is 10.7. The van der Waals surface area contributed by atoms with E-state index in [1.807, 2.05) is 0 Å². The molecular weight excluding hydrogens is 312 g/mol. The molecule has 0 aromatic heterocycles. The van der Waals surface area contributed by atoms with E-state index < -0.39 is 40.2 Å². The standard InChI is InChI=1S/C14H7Cl2F3O/c15-8-2-1-7(11(17)4-8)3-14(20)9-5-13(19)10(16)6-12(9)18/h1-2,4-6H,3H2. The first kappa shape index (κ1) is 14.9. The molecular formula is C14H7Cl2F3O. The van der Waals surface area contributed by atoms with Crippen LogP contribution in [0.5, 0.6) is 0 Å². The third-order valence-corrected chi connectivity index (χ3v) is 3.20. The van der Waals surface area contributed by atoms with Crippen molar-refractivity contribution in [3.05, 3.63) is 69.0 Å². The zero-order valence-electron chi connectivity index (χ0n) is 9.89. The summed E-state index contributed by atoms with van der Waals surface area (Å²) in [5.41, 5.74) is -0.421. The summed E-state index contributed by atoms with van der Waals surface area (Å²) in [5.74, 6) is -3.29. The highest BCUT2D eigenvalue weighted by Crippen LogP contribution is 2.22. The largest absolute Gasteiger partial charge is 0.294 e. The molecule has 6 heteroatoms. The minimum atomic E-state index is -0.948. The second kappa shape index (κ2) is 5.85. The monoisotopic (exact) mass is 318 g/mol. The predicted octanol–water partition coefficient (Wildman–Crippen LogP) is 4.84. The molecule has 0 amide bonds. The number of ketones is 1. The molecule has 0 saturated carbocycles. The van der Waals surface area contributed by atoms with Crippen LogP contribution in [0.4, 0.5) is 13.2 Å². The summed E-state index contributed by atoms with van der Waals surface area (Å²) in [6.45, 7) is 0. The highest BCUT2D eigenvalue weighted by Gasteiger charge is 2.17. The van der Waals surface area contributed by atoms with Gasteiger partial charge in [0.15, 0.2) is 5.78 Å². The molecule has 20 heavy (non-hydrogen) atoms. The predicted molar refractivity (Wildman–Crippen MR) is 70.8 cm³/mol. The van der Waals surface area contributed by atoms with E-state index in [4.69, 9.17) is 23.2 Å². The number of rotatable bonds is 3. The lowest BCUT2D eigenvalue weighted by molar-refractivity contribution is 0.0987. The van der Waals surface area contributed by atoms with Crippen molar-refractivity contribution >= 4 is 29.0 Å². The van der Waals surface area contributed by atoms with Crippen molar-refractivity contribution < 1.29 is 18.0 Å². The molecule has 2 rings (SSSR count). The zero-order valence-corrected chi connectivity index (χ0v) is 11.4. The SMILES string of the molecule is O=C(Cc1ccc(Cl)cc1F)c1cc(F)c(Cl)cc1F. The molecule has 0 radical (unpaired) electrons. The molecule has 0 bridgehead atoms. The number of carbonyl (C=O) groups excluding carboxylic acids is 1. The van der Waals surface area contributed by atoms with Crippen LogP contribution in [0, 0.1) is 17.5 Å². The van der Waals surface area contributed by atoms with Gasteiger partial charge in [0, 0.05) is 11.4 Å². The zero-order chi connectivity index (χ0) is 14.9. The Hall–Kier alpha value is -1.52. The Labute approximate surface area is 122 Å². The van der Waals surface area contributed by atoms with Crippen molar-refractivity contribution in [1.82, 2.24) is 0 Å². The van der Waals surface area contributed by atoms with Gasteiger partial charge in [-0.3, -0.25) is 4.79 Å². The van der Waals surface area contributed by atoms with Gasteiger partial charge >= 0.3 is 0 Å². The molecule has 2 aromatic carbocycles. The van der Waals surface area contributed by atoms with Gasteiger partial charge < -0.3 is 0 Å². The van der Waals surface area contributed by atoms with E-state index in [-0.39, 0.29) is 10.6 Å². The molecule has 2 aromatic rings. The minimum Gasteiger partial charge on any atom is -0.294 e. The average molecular weight is 319 g/mol. The van der Waals surface area contributed by atoms with Gasteiger partial charge in [0.25, 0.3) is 0 Å². The van der Waals surface area contributed by atoms with Crippen LogP contribution in [0.25, 0.3) is 0 Å². The van der Waals surface area contributed by atoms with Gasteiger partial charge in [-0.1, -0.05) is 29.3 Å². The van der Waals surface area contributed by atoms with Gasteiger partial charge in [-0.2, -0.15) is 0 Å². The molecule has 0 heterocycles. The van der Waals surface area contributed by atoms with E-state index in [1.54, 1.807) is 0 Å². The molecule has 0 aliphatic carbocycles. The number of hydrogen-bond acceptors (Lipinski definition) is 1. The molecule has 104 valence electrons. The van der Waals surface area contributed by atoms with Crippen molar-refractivity contribution in [2.24, 2.45) is 0 Å². The van der Waals surface area contributed by atoms with Gasteiger partial charge in [0.1, 0.15) is 17.5 Å². The Kier molecular flexibility index (Phi) is 4.35. The first-order valence-electron chi connectivity index (χ1n) is 5.50. The summed E-state index contributed by atoms with van der Waals surface area (Å²) < 4.78 is 40.4. The number of Topliss-reactive ketones (excluding diaryl/α,β-unsaturated/α-hetero) is 1. The van der Waals surface area contributed by atoms with E-state index in [1.165, 1.54) is 12.1 Å². The molecule has 0 aliphatic rings. The highest BCUT2D eigenvalue weighted by molar-refractivity contribution is 6.31. The van der Waals surface area contributed by atoms with Crippen LogP contribution in [0.2, 0.25) is 10.0 Å². The Morgan fingerprint density at radius 1 is 0.950 bits per heavy atom. The molecule has 0 fully saturated rings. The first-order chi connectivity index (χ1) is 9.38. The average Bonchev–Trinajstić information content (AvgIpc) is 2.37. The van der Waals surface area contributed by atoms with E-state index in [2.05, 4.69) is 0 Å². The van der Waals surface area contributed by atoms with Crippen LogP contribution in [-0.2, 0) is 6.42 Å². The van der Waals surface area contributed by atoms with Crippen LogP contribution >= 0.6 is 23.2 Å². The van der Waals surface area contributed by atoms with Gasteiger partial charge in [-0.05, 0) is 29.8 Å². The fourth-order valence-electron chi connectivity index (χ4n) is 1.67. The summed E-state index contributed by atoms with van der Waals surface area (Å²) in [5, 5.41) is -0.237.